The van der Waals surface area contributed by atoms with Crippen molar-refractivity contribution >= 4 is 11.6 Å². The Balaban J connectivity index is 2.11. The summed E-state index contributed by atoms with van der Waals surface area (Å²) in [7, 11) is 1.48. The number of amides is 1. The number of phenols is 1. The summed E-state index contributed by atoms with van der Waals surface area (Å²) in [5, 5.41) is 14.9. The summed E-state index contributed by atoms with van der Waals surface area (Å²) in [6, 6.07) is 4.81. The average molecular weight is 266 g/mol. The number of ether oxygens (including phenoxy) is 1. The third kappa shape index (κ3) is 3.08. The molecule has 0 fully saturated rings. The zero-order chi connectivity index (χ0) is 13.8. The van der Waals surface area contributed by atoms with Crippen molar-refractivity contribution < 1.29 is 23.6 Å². The van der Waals surface area contributed by atoms with Gasteiger partial charge in [-0.05, 0) is 12.1 Å². The molecule has 2 N–H and O–H groups in total. The molecular formula is C12H11FN2O4. The Hall–Kier alpha value is -2.41. The number of phenolic OH excluding ortho intramolecular Hbond substituents is 1. The predicted molar refractivity (Wildman–Crippen MR) is 63.2 cm³/mol. The Bertz CT molecular complexity index is 597. The van der Waals surface area contributed by atoms with E-state index >= 15 is 0 Å². The highest BCUT2D eigenvalue weighted by Gasteiger charge is 2.14. The highest BCUT2D eigenvalue weighted by Crippen LogP contribution is 2.20. The van der Waals surface area contributed by atoms with E-state index in [2.05, 4.69) is 10.5 Å². The number of benzene rings is 1. The van der Waals surface area contributed by atoms with Crippen LogP contribution in [-0.4, -0.2) is 23.3 Å². The van der Waals surface area contributed by atoms with Gasteiger partial charge in [-0.3, -0.25) is 4.79 Å². The Labute approximate surface area is 107 Å². The number of anilines is 1. The van der Waals surface area contributed by atoms with Crippen molar-refractivity contribution in [3.05, 3.63) is 41.5 Å². The number of hydrogen-bond donors (Lipinski definition) is 2. The molecule has 19 heavy (non-hydrogen) atoms. The van der Waals surface area contributed by atoms with E-state index in [0.29, 0.717) is 5.76 Å². The van der Waals surface area contributed by atoms with Gasteiger partial charge in [0.05, 0.1) is 5.69 Å². The molecule has 1 aromatic carbocycles. The molecule has 1 amide bonds. The maximum atomic E-state index is 13.4. The number of halogens is 1. The van der Waals surface area contributed by atoms with E-state index in [1.165, 1.54) is 25.3 Å². The highest BCUT2D eigenvalue weighted by molar-refractivity contribution is 6.02. The van der Waals surface area contributed by atoms with E-state index in [-0.39, 0.29) is 23.7 Å². The van der Waals surface area contributed by atoms with Crippen LogP contribution >= 0.6 is 0 Å². The van der Waals surface area contributed by atoms with E-state index in [1.807, 2.05) is 0 Å². The lowest BCUT2D eigenvalue weighted by Crippen LogP contribution is -2.13. The molecule has 0 aliphatic rings. The Morgan fingerprint density at radius 1 is 1.53 bits per heavy atom. The van der Waals surface area contributed by atoms with Gasteiger partial charge in [0.15, 0.2) is 11.5 Å². The number of carbonyl (C=O) groups is 1. The first-order valence-corrected chi connectivity index (χ1v) is 5.34. The van der Waals surface area contributed by atoms with E-state index in [9.17, 15) is 9.18 Å². The summed E-state index contributed by atoms with van der Waals surface area (Å²) in [6.07, 6.45) is 0. The first-order chi connectivity index (χ1) is 9.10. The minimum absolute atomic E-state index is 0.0134. The van der Waals surface area contributed by atoms with Crippen molar-refractivity contribution in [3.8, 4) is 5.75 Å². The van der Waals surface area contributed by atoms with Crippen LogP contribution in [0.15, 0.2) is 28.8 Å². The lowest BCUT2D eigenvalue weighted by atomic mass is 10.2. The molecule has 0 unspecified atom stereocenters. The Morgan fingerprint density at radius 3 is 3.00 bits per heavy atom. The van der Waals surface area contributed by atoms with Crippen molar-refractivity contribution in [2.45, 2.75) is 6.61 Å². The number of hydrogen-bond acceptors (Lipinski definition) is 5. The van der Waals surface area contributed by atoms with Crippen molar-refractivity contribution in [2.75, 3.05) is 12.4 Å². The fourth-order valence-corrected chi connectivity index (χ4v) is 1.42. The molecule has 0 saturated carbocycles. The molecule has 6 nitrogen and oxygen atoms in total. The van der Waals surface area contributed by atoms with Gasteiger partial charge in [0.2, 0.25) is 0 Å². The van der Waals surface area contributed by atoms with Crippen molar-refractivity contribution in [3.63, 3.8) is 0 Å². The number of nitrogens with zero attached hydrogens (tertiary/aromatic N) is 1. The van der Waals surface area contributed by atoms with Gasteiger partial charge in [-0.1, -0.05) is 5.16 Å². The summed E-state index contributed by atoms with van der Waals surface area (Å²) in [6.45, 7) is 0.188. The van der Waals surface area contributed by atoms with Gasteiger partial charge in [0, 0.05) is 19.2 Å². The van der Waals surface area contributed by atoms with E-state index < -0.39 is 11.7 Å². The molecule has 0 bridgehead atoms. The van der Waals surface area contributed by atoms with Crippen LogP contribution in [-0.2, 0) is 11.3 Å². The third-order valence-electron chi connectivity index (χ3n) is 2.28. The second-order valence-corrected chi connectivity index (χ2v) is 3.73. The quantitative estimate of drug-likeness (QED) is 0.826. The van der Waals surface area contributed by atoms with Gasteiger partial charge >= 0.3 is 0 Å². The van der Waals surface area contributed by atoms with Crippen LogP contribution in [0.25, 0.3) is 0 Å². The second kappa shape index (κ2) is 5.49. The summed E-state index contributed by atoms with van der Waals surface area (Å²) in [5.74, 6) is -1.19. The highest BCUT2D eigenvalue weighted by atomic mass is 19.1. The zero-order valence-electron chi connectivity index (χ0n) is 10.0. The van der Waals surface area contributed by atoms with Gasteiger partial charge in [0.1, 0.15) is 18.2 Å². The number of carbonyl (C=O) groups excluding carboxylic acids is 1. The molecule has 0 atom stereocenters. The standard InChI is InChI=1S/C12H11FN2O4/c1-18-6-8-5-11(15-19-8)12(17)14-10-3-2-7(16)4-9(10)13/h2-5,16H,6H2,1H3,(H,14,17). The second-order valence-electron chi connectivity index (χ2n) is 3.73. The molecule has 7 heteroatoms. The molecular weight excluding hydrogens is 255 g/mol. The molecule has 0 saturated heterocycles. The summed E-state index contributed by atoms with van der Waals surface area (Å²) in [5.41, 5.74) is -0.0429. The van der Waals surface area contributed by atoms with Crippen molar-refractivity contribution in [1.29, 1.82) is 0 Å². The Morgan fingerprint density at radius 2 is 2.32 bits per heavy atom. The maximum absolute atomic E-state index is 13.4. The fourth-order valence-electron chi connectivity index (χ4n) is 1.42. The van der Waals surface area contributed by atoms with Crippen molar-refractivity contribution in [1.82, 2.24) is 5.16 Å². The fraction of sp³-hybridized carbons (Fsp3) is 0.167. The van der Waals surface area contributed by atoms with Crippen LogP contribution in [0.2, 0.25) is 0 Å². The van der Waals surface area contributed by atoms with Crippen LogP contribution in [0.1, 0.15) is 16.2 Å². The molecule has 1 aromatic heterocycles. The minimum Gasteiger partial charge on any atom is -0.508 e. The van der Waals surface area contributed by atoms with Gasteiger partial charge in [0.25, 0.3) is 5.91 Å². The lowest BCUT2D eigenvalue weighted by Gasteiger charge is -2.04. The van der Waals surface area contributed by atoms with Crippen LogP contribution in [0.3, 0.4) is 0 Å². The summed E-state index contributed by atoms with van der Waals surface area (Å²) in [4.78, 5) is 11.8. The van der Waals surface area contributed by atoms with Gasteiger partial charge in [-0.25, -0.2) is 4.39 Å². The predicted octanol–water partition coefficient (Wildman–Crippen LogP) is 1.92. The van der Waals surface area contributed by atoms with Gasteiger partial charge in [-0.15, -0.1) is 0 Å². The maximum Gasteiger partial charge on any atom is 0.277 e. The molecule has 100 valence electrons. The van der Waals surface area contributed by atoms with Gasteiger partial charge < -0.3 is 19.7 Å². The smallest absolute Gasteiger partial charge is 0.277 e. The zero-order valence-corrected chi connectivity index (χ0v) is 10.0. The summed E-state index contributed by atoms with van der Waals surface area (Å²) < 4.78 is 23.1. The van der Waals surface area contributed by atoms with Crippen LogP contribution in [0, 0.1) is 5.82 Å². The summed E-state index contributed by atoms with van der Waals surface area (Å²) >= 11 is 0. The third-order valence-corrected chi connectivity index (χ3v) is 2.28. The molecule has 2 rings (SSSR count). The molecule has 0 spiro atoms. The number of nitrogens with one attached hydrogen (secondary N) is 1. The monoisotopic (exact) mass is 266 g/mol. The Kier molecular flexibility index (Phi) is 3.76. The van der Waals surface area contributed by atoms with E-state index in [0.717, 1.165) is 6.07 Å². The first-order valence-electron chi connectivity index (χ1n) is 5.34. The topological polar surface area (TPSA) is 84.6 Å². The normalized spacial score (nSPS) is 10.4. The number of rotatable bonds is 4. The van der Waals surface area contributed by atoms with Crippen molar-refractivity contribution in [2.24, 2.45) is 0 Å². The number of aromatic nitrogens is 1. The lowest BCUT2D eigenvalue weighted by molar-refractivity contribution is 0.101. The number of aromatic hydroxyl groups is 1. The van der Waals surface area contributed by atoms with E-state index in [4.69, 9.17) is 14.4 Å². The molecule has 1 heterocycles. The van der Waals surface area contributed by atoms with Crippen LogP contribution in [0.5, 0.6) is 5.75 Å². The molecule has 0 aliphatic heterocycles. The minimum atomic E-state index is -0.742. The number of methoxy groups -OCH3 is 1. The first kappa shape index (κ1) is 13.0. The van der Waals surface area contributed by atoms with E-state index in [1.54, 1.807) is 0 Å². The SMILES string of the molecule is COCc1cc(C(=O)Nc2ccc(O)cc2F)no1. The molecule has 0 aliphatic carbocycles. The molecule has 0 radical (unpaired) electrons. The van der Waals surface area contributed by atoms with Gasteiger partial charge in [-0.2, -0.15) is 0 Å². The largest absolute Gasteiger partial charge is 0.508 e. The van der Waals surface area contributed by atoms with Crippen LogP contribution in [0.4, 0.5) is 10.1 Å². The average Bonchev–Trinajstić information content (AvgIpc) is 2.82. The van der Waals surface area contributed by atoms with Crippen LogP contribution < -0.4 is 5.32 Å². The molecule has 2 aromatic rings.